The summed E-state index contributed by atoms with van der Waals surface area (Å²) < 4.78 is 15.9. The zero-order valence-corrected chi connectivity index (χ0v) is 14.5. The number of hydrogen-bond acceptors (Lipinski definition) is 5. The topological polar surface area (TPSA) is 77.8 Å². The Hall–Kier alpha value is -2.76. The lowest BCUT2D eigenvalue weighted by Gasteiger charge is -2.12. The molecule has 134 valence electrons. The van der Waals surface area contributed by atoms with Crippen LogP contribution < -0.4 is 10.1 Å². The number of furan rings is 1. The normalized spacial score (nSPS) is 11.6. The van der Waals surface area contributed by atoms with Crippen molar-refractivity contribution in [2.24, 2.45) is 0 Å². The molecule has 2 aromatic rings. The number of esters is 1. The average Bonchev–Trinajstić information content (AvgIpc) is 3.08. The number of amides is 1. The number of hydrogen-bond donors (Lipinski definition) is 1. The Labute approximate surface area is 147 Å². The summed E-state index contributed by atoms with van der Waals surface area (Å²) >= 11 is 0. The van der Waals surface area contributed by atoms with Crippen LogP contribution in [0.4, 0.5) is 0 Å². The third-order valence-electron chi connectivity index (χ3n) is 3.45. The molecule has 0 aliphatic rings. The Kier molecular flexibility index (Phi) is 7.07. The Balaban J connectivity index is 1.77. The molecular weight excluding hydrogens is 322 g/mol. The lowest BCUT2D eigenvalue weighted by molar-refractivity contribution is -0.124. The molecular formula is C19H23NO5. The first kappa shape index (κ1) is 18.6. The Morgan fingerprint density at radius 2 is 1.92 bits per heavy atom. The monoisotopic (exact) mass is 345 g/mol. The first-order valence-electron chi connectivity index (χ1n) is 8.31. The SMILES string of the molecule is CCCC(C)NC(=O)COC(=O)c1ccc(COc2ccccc2)o1. The zero-order valence-electron chi connectivity index (χ0n) is 14.5. The summed E-state index contributed by atoms with van der Waals surface area (Å²) in [6.07, 6.45) is 1.85. The maximum Gasteiger partial charge on any atom is 0.374 e. The van der Waals surface area contributed by atoms with E-state index in [2.05, 4.69) is 5.32 Å². The van der Waals surface area contributed by atoms with E-state index >= 15 is 0 Å². The fourth-order valence-electron chi connectivity index (χ4n) is 2.26. The summed E-state index contributed by atoms with van der Waals surface area (Å²) in [4.78, 5) is 23.6. The molecule has 1 aromatic heterocycles. The van der Waals surface area contributed by atoms with Crippen molar-refractivity contribution in [2.75, 3.05) is 6.61 Å². The van der Waals surface area contributed by atoms with E-state index in [1.807, 2.05) is 44.2 Å². The fourth-order valence-corrected chi connectivity index (χ4v) is 2.26. The maximum atomic E-state index is 11.9. The quantitative estimate of drug-likeness (QED) is 0.706. The van der Waals surface area contributed by atoms with Gasteiger partial charge in [0.1, 0.15) is 18.1 Å². The van der Waals surface area contributed by atoms with E-state index in [1.165, 1.54) is 6.07 Å². The van der Waals surface area contributed by atoms with Crippen LogP contribution in [0, 0.1) is 0 Å². The van der Waals surface area contributed by atoms with Gasteiger partial charge in [0.25, 0.3) is 5.91 Å². The molecule has 0 fully saturated rings. The lowest BCUT2D eigenvalue weighted by Crippen LogP contribution is -2.35. The summed E-state index contributed by atoms with van der Waals surface area (Å²) in [6, 6.07) is 12.5. The smallest absolute Gasteiger partial charge is 0.374 e. The third-order valence-corrected chi connectivity index (χ3v) is 3.45. The highest BCUT2D eigenvalue weighted by molar-refractivity contribution is 5.88. The third kappa shape index (κ3) is 6.33. The van der Waals surface area contributed by atoms with Crippen molar-refractivity contribution in [3.63, 3.8) is 0 Å². The van der Waals surface area contributed by atoms with Crippen molar-refractivity contribution >= 4 is 11.9 Å². The molecule has 25 heavy (non-hydrogen) atoms. The van der Waals surface area contributed by atoms with Crippen LogP contribution in [0.5, 0.6) is 5.75 Å². The average molecular weight is 345 g/mol. The van der Waals surface area contributed by atoms with E-state index in [0.717, 1.165) is 12.8 Å². The number of carbonyl (C=O) groups excluding carboxylic acids is 2. The second-order valence-corrected chi connectivity index (χ2v) is 5.70. The molecule has 0 aliphatic carbocycles. The maximum absolute atomic E-state index is 11.9. The first-order chi connectivity index (χ1) is 12.1. The van der Waals surface area contributed by atoms with Gasteiger partial charge in [-0.05, 0) is 37.6 Å². The van der Waals surface area contributed by atoms with Gasteiger partial charge >= 0.3 is 5.97 Å². The van der Waals surface area contributed by atoms with E-state index in [1.54, 1.807) is 6.07 Å². The fraction of sp³-hybridized carbons (Fsp3) is 0.368. The zero-order chi connectivity index (χ0) is 18.1. The van der Waals surface area contributed by atoms with Gasteiger partial charge in [-0.25, -0.2) is 4.79 Å². The van der Waals surface area contributed by atoms with Crippen LogP contribution >= 0.6 is 0 Å². The summed E-state index contributed by atoms with van der Waals surface area (Å²) in [5.41, 5.74) is 0. The van der Waals surface area contributed by atoms with Crippen molar-refractivity contribution in [2.45, 2.75) is 39.3 Å². The van der Waals surface area contributed by atoms with Crippen LogP contribution in [0.1, 0.15) is 43.0 Å². The second-order valence-electron chi connectivity index (χ2n) is 5.70. The van der Waals surface area contributed by atoms with Crippen LogP contribution in [-0.2, 0) is 16.1 Å². The van der Waals surface area contributed by atoms with Crippen molar-refractivity contribution in [3.8, 4) is 5.75 Å². The Morgan fingerprint density at radius 3 is 2.64 bits per heavy atom. The van der Waals surface area contributed by atoms with Crippen molar-refractivity contribution in [3.05, 3.63) is 54.0 Å². The molecule has 1 N–H and O–H groups in total. The molecule has 0 spiro atoms. The molecule has 0 bridgehead atoms. The van der Waals surface area contributed by atoms with Gasteiger partial charge in [-0.3, -0.25) is 4.79 Å². The van der Waals surface area contributed by atoms with E-state index in [-0.39, 0.29) is 30.9 Å². The highest BCUT2D eigenvalue weighted by Crippen LogP contribution is 2.14. The van der Waals surface area contributed by atoms with Gasteiger partial charge in [-0.1, -0.05) is 31.5 Å². The minimum Gasteiger partial charge on any atom is -0.486 e. The molecule has 0 saturated heterocycles. The molecule has 0 saturated carbocycles. The van der Waals surface area contributed by atoms with Crippen LogP contribution in [0.15, 0.2) is 46.9 Å². The number of benzene rings is 1. The molecule has 1 heterocycles. The number of carbonyl (C=O) groups is 2. The molecule has 2 rings (SSSR count). The van der Waals surface area contributed by atoms with E-state index < -0.39 is 5.97 Å². The van der Waals surface area contributed by atoms with Gasteiger partial charge in [-0.15, -0.1) is 0 Å². The number of ether oxygens (including phenoxy) is 2. The number of para-hydroxylation sites is 1. The van der Waals surface area contributed by atoms with Gasteiger partial charge in [0.05, 0.1) is 0 Å². The van der Waals surface area contributed by atoms with Gasteiger partial charge in [0.2, 0.25) is 5.76 Å². The highest BCUT2D eigenvalue weighted by atomic mass is 16.6. The lowest BCUT2D eigenvalue weighted by atomic mass is 10.2. The summed E-state index contributed by atoms with van der Waals surface area (Å²) in [5, 5.41) is 2.76. The molecule has 1 aromatic carbocycles. The highest BCUT2D eigenvalue weighted by Gasteiger charge is 2.15. The predicted octanol–water partition coefficient (Wildman–Crippen LogP) is 3.32. The van der Waals surface area contributed by atoms with E-state index in [0.29, 0.717) is 11.5 Å². The minimum atomic E-state index is -0.677. The van der Waals surface area contributed by atoms with Crippen LogP contribution in [0.25, 0.3) is 0 Å². The van der Waals surface area contributed by atoms with Crippen LogP contribution in [-0.4, -0.2) is 24.5 Å². The van der Waals surface area contributed by atoms with Crippen LogP contribution in [0.2, 0.25) is 0 Å². The predicted molar refractivity (Wildman–Crippen MR) is 92.3 cm³/mol. The van der Waals surface area contributed by atoms with Gasteiger partial charge in [-0.2, -0.15) is 0 Å². The molecule has 1 unspecified atom stereocenters. The van der Waals surface area contributed by atoms with Crippen molar-refractivity contribution < 1.29 is 23.5 Å². The minimum absolute atomic E-state index is 0.0427. The van der Waals surface area contributed by atoms with Gasteiger partial charge in [0.15, 0.2) is 6.61 Å². The summed E-state index contributed by atoms with van der Waals surface area (Å²) in [5.74, 6) is 0.247. The van der Waals surface area contributed by atoms with Crippen LogP contribution in [0.3, 0.4) is 0 Å². The van der Waals surface area contributed by atoms with E-state index in [9.17, 15) is 9.59 Å². The largest absolute Gasteiger partial charge is 0.486 e. The molecule has 0 aliphatic heterocycles. The Bertz CT molecular complexity index is 680. The van der Waals surface area contributed by atoms with Gasteiger partial charge < -0.3 is 19.2 Å². The second kappa shape index (κ2) is 9.52. The summed E-state index contributed by atoms with van der Waals surface area (Å²) in [7, 11) is 0. The molecule has 1 amide bonds. The number of rotatable bonds is 9. The standard InChI is InChI=1S/C19H23NO5/c1-3-7-14(2)20-18(21)13-24-19(22)17-11-10-16(25-17)12-23-15-8-5-4-6-9-15/h4-6,8-11,14H,3,7,12-13H2,1-2H3,(H,20,21). The van der Waals surface area contributed by atoms with Crippen molar-refractivity contribution in [1.82, 2.24) is 5.32 Å². The summed E-state index contributed by atoms with van der Waals surface area (Å²) in [6.45, 7) is 3.82. The van der Waals surface area contributed by atoms with Crippen molar-refractivity contribution in [1.29, 1.82) is 0 Å². The Morgan fingerprint density at radius 1 is 1.16 bits per heavy atom. The molecule has 6 nitrogen and oxygen atoms in total. The molecule has 0 radical (unpaired) electrons. The van der Waals surface area contributed by atoms with E-state index in [4.69, 9.17) is 13.9 Å². The number of nitrogens with one attached hydrogen (secondary N) is 1. The molecule has 1 atom stereocenters. The molecule has 6 heteroatoms. The first-order valence-corrected chi connectivity index (χ1v) is 8.31. The van der Waals surface area contributed by atoms with Gasteiger partial charge in [0, 0.05) is 6.04 Å².